The lowest BCUT2D eigenvalue weighted by Gasteiger charge is -2.11. The lowest BCUT2D eigenvalue weighted by Crippen LogP contribution is -2.04. The highest BCUT2D eigenvalue weighted by Gasteiger charge is 2.11. The van der Waals surface area contributed by atoms with Crippen molar-refractivity contribution in [3.8, 4) is 17.2 Å². The molecule has 0 saturated carbocycles. The number of carbonyl (C=O) groups is 1. The summed E-state index contributed by atoms with van der Waals surface area (Å²) in [6.07, 6.45) is 0.903. The van der Waals surface area contributed by atoms with Gasteiger partial charge in [0.25, 0.3) is 0 Å². The molecule has 2 aromatic rings. The molecular weight excluding hydrogens is 324 g/mol. The van der Waals surface area contributed by atoms with Crippen LogP contribution in [0.2, 0.25) is 0 Å². The zero-order chi connectivity index (χ0) is 16.8. The molecule has 0 aromatic heterocycles. The van der Waals surface area contributed by atoms with Gasteiger partial charge in [0.1, 0.15) is 5.75 Å². The maximum atomic E-state index is 11.6. The molecule has 24 heavy (non-hydrogen) atoms. The van der Waals surface area contributed by atoms with Gasteiger partial charge in [-0.3, -0.25) is 4.79 Å². The van der Waals surface area contributed by atoms with Crippen LogP contribution in [-0.4, -0.2) is 31.4 Å². The highest BCUT2D eigenvalue weighted by atomic mass is 32.2. The van der Waals surface area contributed by atoms with Gasteiger partial charge in [0.15, 0.2) is 17.3 Å². The van der Waals surface area contributed by atoms with Crippen LogP contribution < -0.4 is 14.2 Å². The summed E-state index contributed by atoms with van der Waals surface area (Å²) in [5, 5.41) is 0. The molecule has 0 fully saturated rings. The van der Waals surface area contributed by atoms with E-state index >= 15 is 0 Å². The number of fused-ring (bicyclic) bond motifs is 1. The van der Waals surface area contributed by atoms with Gasteiger partial charge in [-0.05, 0) is 37.3 Å². The molecule has 2 aromatic carbocycles. The first kappa shape index (κ1) is 16.7. The Bertz CT molecular complexity index is 714. The van der Waals surface area contributed by atoms with E-state index in [-0.39, 0.29) is 5.78 Å². The van der Waals surface area contributed by atoms with Gasteiger partial charge < -0.3 is 14.2 Å². The van der Waals surface area contributed by atoms with Crippen molar-refractivity contribution in [2.24, 2.45) is 0 Å². The second-order valence-electron chi connectivity index (χ2n) is 5.41. The van der Waals surface area contributed by atoms with Gasteiger partial charge in [-0.25, -0.2) is 0 Å². The fourth-order valence-corrected chi connectivity index (χ4v) is 3.18. The molecule has 0 radical (unpaired) electrons. The van der Waals surface area contributed by atoms with Crippen LogP contribution in [0.5, 0.6) is 17.2 Å². The summed E-state index contributed by atoms with van der Waals surface area (Å²) >= 11 is 1.69. The number of Topliss-reactive ketones (excluding diaryl/α,β-unsaturated/α-hetero) is 1. The molecule has 0 spiro atoms. The first-order valence-electron chi connectivity index (χ1n) is 7.99. The van der Waals surface area contributed by atoms with Crippen LogP contribution in [0.1, 0.15) is 23.7 Å². The monoisotopic (exact) mass is 344 g/mol. The number of benzene rings is 2. The molecule has 3 rings (SSSR count). The standard InChI is InChI=1S/C19H20O4S/c1-14(20)16-5-2-3-6-17(16)23-11-12-24-15-7-8-18-19(13-15)22-10-4-9-21-18/h2-3,5-8,13H,4,9-12H2,1H3. The van der Waals surface area contributed by atoms with Crippen LogP contribution in [0.4, 0.5) is 0 Å². The summed E-state index contributed by atoms with van der Waals surface area (Å²) in [7, 11) is 0. The van der Waals surface area contributed by atoms with Crippen molar-refractivity contribution in [3.05, 3.63) is 48.0 Å². The SMILES string of the molecule is CC(=O)c1ccccc1OCCSc1ccc2c(c1)OCCCO2. The molecule has 4 nitrogen and oxygen atoms in total. The number of thioether (sulfide) groups is 1. The van der Waals surface area contributed by atoms with Crippen molar-refractivity contribution < 1.29 is 19.0 Å². The molecule has 0 N–H and O–H groups in total. The molecule has 5 heteroatoms. The number of ether oxygens (including phenoxy) is 3. The minimum absolute atomic E-state index is 0.0150. The molecule has 0 aliphatic carbocycles. The van der Waals surface area contributed by atoms with E-state index in [9.17, 15) is 4.79 Å². The zero-order valence-electron chi connectivity index (χ0n) is 13.6. The van der Waals surface area contributed by atoms with Gasteiger partial charge in [-0.15, -0.1) is 11.8 Å². The van der Waals surface area contributed by atoms with Crippen molar-refractivity contribution in [2.75, 3.05) is 25.6 Å². The number of rotatable bonds is 6. The Hall–Kier alpha value is -2.14. The maximum Gasteiger partial charge on any atom is 0.163 e. The number of carbonyl (C=O) groups excluding carboxylic acids is 1. The number of hydrogen-bond donors (Lipinski definition) is 0. The average Bonchev–Trinajstić information content (AvgIpc) is 2.84. The van der Waals surface area contributed by atoms with Crippen molar-refractivity contribution in [2.45, 2.75) is 18.2 Å². The van der Waals surface area contributed by atoms with Crippen LogP contribution in [0, 0.1) is 0 Å². The third-order valence-electron chi connectivity index (χ3n) is 3.59. The van der Waals surface area contributed by atoms with Gasteiger partial charge >= 0.3 is 0 Å². The summed E-state index contributed by atoms with van der Waals surface area (Å²) in [4.78, 5) is 12.7. The fourth-order valence-electron chi connectivity index (χ4n) is 2.43. The molecule has 0 bridgehead atoms. The largest absolute Gasteiger partial charge is 0.492 e. The molecule has 1 heterocycles. The lowest BCUT2D eigenvalue weighted by molar-refractivity contribution is 0.101. The van der Waals surface area contributed by atoms with Gasteiger partial charge in [0.2, 0.25) is 0 Å². The Labute approximate surface area is 146 Å². The van der Waals surface area contributed by atoms with E-state index in [1.807, 2.05) is 36.4 Å². The molecule has 0 unspecified atom stereocenters. The Morgan fingerprint density at radius 1 is 1.12 bits per heavy atom. The van der Waals surface area contributed by atoms with E-state index in [1.165, 1.54) is 0 Å². The number of hydrogen-bond acceptors (Lipinski definition) is 5. The fraction of sp³-hybridized carbons (Fsp3) is 0.316. The summed E-state index contributed by atoms with van der Waals surface area (Å²) in [6, 6.07) is 13.3. The van der Waals surface area contributed by atoms with E-state index in [0.29, 0.717) is 31.1 Å². The summed E-state index contributed by atoms with van der Waals surface area (Å²) in [5.41, 5.74) is 0.623. The van der Waals surface area contributed by atoms with E-state index in [0.717, 1.165) is 28.6 Å². The summed E-state index contributed by atoms with van der Waals surface area (Å²) in [5.74, 6) is 3.06. The minimum atomic E-state index is 0.0150. The Morgan fingerprint density at radius 2 is 1.92 bits per heavy atom. The van der Waals surface area contributed by atoms with Crippen LogP contribution in [0.25, 0.3) is 0 Å². The van der Waals surface area contributed by atoms with Crippen LogP contribution in [-0.2, 0) is 0 Å². The van der Waals surface area contributed by atoms with Crippen molar-refractivity contribution >= 4 is 17.5 Å². The van der Waals surface area contributed by atoms with Crippen molar-refractivity contribution in [1.82, 2.24) is 0 Å². The van der Waals surface area contributed by atoms with Crippen LogP contribution >= 0.6 is 11.8 Å². The Kier molecular flexibility index (Phi) is 5.64. The zero-order valence-corrected chi connectivity index (χ0v) is 14.4. The highest BCUT2D eigenvalue weighted by molar-refractivity contribution is 7.99. The first-order valence-corrected chi connectivity index (χ1v) is 8.98. The van der Waals surface area contributed by atoms with Gasteiger partial charge in [-0.1, -0.05) is 12.1 Å². The maximum absolute atomic E-state index is 11.6. The first-order chi connectivity index (χ1) is 11.7. The second-order valence-corrected chi connectivity index (χ2v) is 6.58. The third kappa shape index (κ3) is 4.23. The predicted octanol–water partition coefficient (Wildman–Crippen LogP) is 4.22. The van der Waals surface area contributed by atoms with Gasteiger partial charge in [-0.2, -0.15) is 0 Å². The summed E-state index contributed by atoms with van der Waals surface area (Å²) in [6.45, 7) is 3.47. The van der Waals surface area contributed by atoms with E-state index < -0.39 is 0 Å². The Balaban J connectivity index is 1.54. The molecule has 1 aliphatic heterocycles. The topological polar surface area (TPSA) is 44.8 Å². The molecule has 126 valence electrons. The molecule has 1 aliphatic rings. The van der Waals surface area contributed by atoms with Gasteiger partial charge in [0.05, 0.1) is 25.4 Å². The Morgan fingerprint density at radius 3 is 2.75 bits per heavy atom. The van der Waals surface area contributed by atoms with E-state index in [1.54, 1.807) is 24.8 Å². The lowest BCUT2D eigenvalue weighted by atomic mass is 10.1. The van der Waals surface area contributed by atoms with Gasteiger partial charge in [0, 0.05) is 17.1 Å². The number of para-hydroxylation sites is 1. The second kappa shape index (κ2) is 8.11. The molecule has 0 amide bonds. The minimum Gasteiger partial charge on any atom is -0.492 e. The third-order valence-corrected chi connectivity index (χ3v) is 4.55. The summed E-state index contributed by atoms with van der Waals surface area (Å²) < 4.78 is 17.1. The smallest absolute Gasteiger partial charge is 0.163 e. The predicted molar refractivity (Wildman–Crippen MR) is 94.7 cm³/mol. The van der Waals surface area contributed by atoms with E-state index in [2.05, 4.69) is 0 Å². The van der Waals surface area contributed by atoms with Crippen molar-refractivity contribution in [1.29, 1.82) is 0 Å². The van der Waals surface area contributed by atoms with E-state index in [4.69, 9.17) is 14.2 Å². The molecule has 0 saturated heterocycles. The number of ketones is 1. The van der Waals surface area contributed by atoms with Crippen molar-refractivity contribution in [3.63, 3.8) is 0 Å². The van der Waals surface area contributed by atoms with Crippen LogP contribution in [0.3, 0.4) is 0 Å². The average molecular weight is 344 g/mol. The van der Waals surface area contributed by atoms with Crippen LogP contribution in [0.15, 0.2) is 47.4 Å². The highest BCUT2D eigenvalue weighted by Crippen LogP contribution is 2.33. The quantitative estimate of drug-likeness (QED) is 0.446. The normalized spacial score (nSPS) is 13.2. The molecule has 0 atom stereocenters. The molecular formula is C19H20O4S.